The molecule has 0 unspecified atom stereocenters. The number of rotatable bonds is 4. The maximum atomic E-state index is 13.2. The number of carbonyl (C=O) groups is 1. The zero-order valence-electron chi connectivity index (χ0n) is 14.2. The Hall–Kier alpha value is -2.68. The van der Waals surface area contributed by atoms with Crippen LogP contribution in [-0.4, -0.2) is 27.6 Å². The molecule has 10 heteroatoms. The van der Waals surface area contributed by atoms with Crippen molar-refractivity contribution in [3.05, 3.63) is 63.2 Å². The van der Waals surface area contributed by atoms with Crippen molar-refractivity contribution in [1.29, 1.82) is 0 Å². The number of hydrogen-bond donors (Lipinski definition) is 1. The van der Waals surface area contributed by atoms with Gasteiger partial charge in [0.25, 0.3) is 11.9 Å². The number of hydrogen-bond acceptors (Lipinski definition) is 5. The van der Waals surface area contributed by atoms with Crippen LogP contribution in [0.25, 0.3) is 16.2 Å². The van der Waals surface area contributed by atoms with Crippen molar-refractivity contribution >= 4 is 51.4 Å². The molecule has 1 N–H and O–H groups in total. The number of anilines is 1. The van der Waals surface area contributed by atoms with Crippen LogP contribution >= 0.6 is 34.5 Å². The van der Waals surface area contributed by atoms with Gasteiger partial charge in [0.1, 0.15) is 11.4 Å². The van der Waals surface area contributed by atoms with E-state index >= 15 is 0 Å². The Balaban J connectivity index is 1.67. The van der Waals surface area contributed by atoms with Crippen LogP contribution in [-0.2, 0) is 0 Å². The van der Waals surface area contributed by atoms with E-state index in [4.69, 9.17) is 27.9 Å². The van der Waals surface area contributed by atoms with Crippen molar-refractivity contribution in [2.75, 3.05) is 12.4 Å². The molecule has 2 aromatic heterocycles. The Morgan fingerprint density at radius 2 is 1.89 bits per heavy atom. The molecule has 0 fully saturated rings. The molecule has 0 atom stereocenters. The van der Waals surface area contributed by atoms with Crippen LogP contribution in [0.5, 0.6) is 5.75 Å². The minimum absolute atomic E-state index is 0.0913. The second-order valence-corrected chi connectivity index (χ2v) is 7.30. The van der Waals surface area contributed by atoms with Gasteiger partial charge in [0, 0.05) is 10.9 Å². The van der Waals surface area contributed by atoms with Crippen LogP contribution in [0, 0.1) is 5.82 Å². The van der Waals surface area contributed by atoms with E-state index in [9.17, 15) is 9.18 Å². The minimum atomic E-state index is -0.550. The molecular weight excluding hydrogens is 426 g/mol. The van der Waals surface area contributed by atoms with E-state index in [0.717, 1.165) is 11.3 Å². The van der Waals surface area contributed by atoms with Crippen LogP contribution in [0.15, 0.2) is 41.8 Å². The fourth-order valence-corrected chi connectivity index (χ4v) is 3.96. The predicted octanol–water partition coefficient (Wildman–Crippen LogP) is 5.16. The number of nitrogens with zero attached hydrogens (tertiary/aromatic N) is 3. The first-order valence-electron chi connectivity index (χ1n) is 7.91. The third kappa shape index (κ3) is 3.30. The van der Waals surface area contributed by atoms with Gasteiger partial charge < -0.3 is 4.74 Å². The number of carbonyl (C=O) groups excluding carboxylic acids is 1. The summed E-state index contributed by atoms with van der Waals surface area (Å²) in [5.74, 6) is -0.613. The third-order valence-corrected chi connectivity index (χ3v) is 5.37. The average Bonchev–Trinajstić information content (AvgIpc) is 3.24. The zero-order chi connectivity index (χ0) is 19.8. The van der Waals surface area contributed by atoms with Crippen LogP contribution < -0.4 is 10.1 Å². The Bertz CT molecular complexity index is 1190. The largest absolute Gasteiger partial charge is 0.494 e. The summed E-state index contributed by atoms with van der Waals surface area (Å²) in [5, 5.41) is 9.22. The molecule has 0 bridgehead atoms. The van der Waals surface area contributed by atoms with E-state index in [-0.39, 0.29) is 33.1 Å². The molecule has 0 radical (unpaired) electrons. The number of fused-ring (bicyclic) bond motifs is 1. The first kappa shape index (κ1) is 18.7. The predicted molar refractivity (Wildman–Crippen MR) is 107 cm³/mol. The van der Waals surface area contributed by atoms with Gasteiger partial charge in [0.15, 0.2) is 5.75 Å². The number of benzene rings is 2. The highest BCUT2D eigenvalue weighted by Gasteiger charge is 2.21. The van der Waals surface area contributed by atoms with Gasteiger partial charge in [0.2, 0.25) is 4.96 Å². The second kappa shape index (κ2) is 7.38. The highest BCUT2D eigenvalue weighted by Crippen LogP contribution is 2.34. The summed E-state index contributed by atoms with van der Waals surface area (Å²) in [6.07, 6.45) is 0. The van der Waals surface area contributed by atoms with Gasteiger partial charge in [-0.05, 0) is 36.4 Å². The molecule has 1 amide bonds. The number of aromatic nitrogens is 3. The Morgan fingerprint density at radius 1 is 1.18 bits per heavy atom. The Morgan fingerprint density at radius 3 is 2.61 bits per heavy atom. The van der Waals surface area contributed by atoms with Crippen LogP contribution in [0.1, 0.15) is 10.4 Å². The SMILES string of the molecule is COc1c(Cl)ccc(Cl)c1C(=O)Nc1nc2scc(-c3ccc(F)cc3)n2n1. The fraction of sp³-hybridized carbons (Fsp3) is 0.0556. The van der Waals surface area contributed by atoms with Gasteiger partial charge in [-0.2, -0.15) is 4.98 Å². The lowest BCUT2D eigenvalue weighted by atomic mass is 10.2. The molecule has 142 valence electrons. The fourth-order valence-electron chi connectivity index (χ4n) is 2.66. The van der Waals surface area contributed by atoms with Gasteiger partial charge in [0.05, 0.1) is 22.8 Å². The molecule has 0 aliphatic heterocycles. The minimum Gasteiger partial charge on any atom is -0.494 e. The van der Waals surface area contributed by atoms with Gasteiger partial charge in [-0.3, -0.25) is 10.1 Å². The molecule has 0 aliphatic carbocycles. The summed E-state index contributed by atoms with van der Waals surface area (Å²) < 4.78 is 19.9. The first-order chi connectivity index (χ1) is 13.5. The molecular formula is C18H11Cl2FN4O2S. The van der Waals surface area contributed by atoms with Crippen molar-refractivity contribution < 1.29 is 13.9 Å². The van der Waals surface area contributed by atoms with Gasteiger partial charge in [-0.1, -0.05) is 23.2 Å². The standard InChI is InChI=1S/C18H11Cl2FN4O2S/c1-27-15-12(20)7-6-11(19)14(15)16(26)22-17-23-18-25(24-17)13(8-28-18)9-2-4-10(21)5-3-9/h2-8H,1H3,(H,22,24,26). The van der Waals surface area contributed by atoms with Gasteiger partial charge >= 0.3 is 0 Å². The van der Waals surface area contributed by atoms with Crippen molar-refractivity contribution in [2.45, 2.75) is 0 Å². The number of methoxy groups -OCH3 is 1. The first-order valence-corrected chi connectivity index (χ1v) is 9.55. The summed E-state index contributed by atoms with van der Waals surface area (Å²) >= 11 is 13.6. The molecule has 0 saturated carbocycles. The van der Waals surface area contributed by atoms with Gasteiger partial charge in [-0.25, -0.2) is 8.91 Å². The van der Waals surface area contributed by atoms with Crippen molar-refractivity contribution in [2.24, 2.45) is 0 Å². The molecule has 4 aromatic rings. The highest BCUT2D eigenvalue weighted by molar-refractivity contribution is 7.15. The molecule has 2 heterocycles. The van der Waals surface area contributed by atoms with E-state index in [1.54, 1.807) is 22.7 Å². The normalized spacial score (nSPS) is 11.0. The summed E-state index contributed by atoms with van der Waals surface area (Å²) in [4.78, 5) is 17.6. The summed E-state index contributed by atoms with van der Waals surface area (Å²) in [5.41, 5.74) is 1.59. The van der Waals surface area contributed by atoms with E-state index in [2.05, 4.69) is 15.4 Å². The second-order valence-electron chi connectivity index (χ2n) is 5.65. The van der Waals surface area contributed by atoms with Crippen LogP contribution in [0.4, 0.5) is 10.3 Å². The lowest BCUT2D eigenvalue weighted by molar-refractivity contribution is 0.102. The van der Waals surface area contributed by atoms with E-state index in [0.29, 0.717) is 4.96 Å². The molecule has 0 spiro atoms. The monoisotopic (exact) mass is 436 g/mol. The quantitative estimate of drug-likeness (QED) is 0.479. The van der Waals surface area contributed by atoms with Gasteiger partial charge in [-0.15, -0.1) is 16.4 Å². The average molecular weight is 437 g/mol. The van der Waals surface area contributed by atoms with Crippen molar-refractivity contribution in [3.63, 3.8) is 0 Å². The highest BCUT2D eigenvalue weighted by atomic mass is 35.5. The molecule has 4 rings (SSSR count). The number of amides is 1. The summed E-state index contributed by atoms with van der Waals surface area (Å²) in [6, 6.07) is 9.07. The summed E-state index contributed by atoms with van der Waals surface area (Å²) in [6.45, 7) is 0. The van der Waals surface area contributed by atoms with Crippen molar-refractivity contribution in [1.82, 2.24) is 14.6 Å². The smallest absolute Gasteiger partial charge is 0.263 e. The maximum absolute atomic E-state index is 13.2. The topological polar surface area (TPSA) is 68.5 Å². The molecule has 28 heavy (non-hydrogen) atoms. The molecule has 6 nitrogen and oxygen atoms in total. The number of thiazole rings is 1. The molecule has 0 aliphatic rings. The third-order valence-electron chi connectivity index (χ3n) is 3.94. The van der Waals surface area contributed by atoms with E-state index in [1.807, 2.05) is 5.38 Å². The van der Waals surface area contributed by atoms with Crippen LogP contribution in [0.3, 0.4) is 0 Å². The molecule has 0 saturated heterocycles. The Labute approximate surface area is 172 Å². The van der Waals surface area contributed by atoms with E-state index in [1.165, 1.54) is 36.6 Å². The summed E-state index contributed by atoms with van der Waals surface area (Å²) in [7, 11) is 1.40. The number of ether oxygens (including phenoxy) is 1. The lowest BCUT2D eigenvalue weighted by Crippen LogP contribution is -2.15. The van der Waals surface area contributed by atoms with E-state index < -0.39 is 5.91 Å². The lowest BCUT2D eigenvalue weighted by Gasteiger charge is -2.10. The molecule has 2 aromatic carbocycles. The maximum Gasteiger partial charge on any atom is 0.263 e. The van der Waals surface area contributed by atoms with Crippen molar-refractivity contribution in [3.8, 4) is 17.0 Å². The Kier molecular flexibility index (Phi) is 4.92. The number of nitrogens with one attached hydrogen (secondary N) is 1. The van der Waals surface area contributed by atoms with Crippen LogP contribution in [0.2, 0.25) is 10.0 Å². The number of halogens is 3. The zero-order valence-corrected chi connectivity index (χ0v) is 16.6.